The van der Waals surface area contributed by atoms with Crippen LogP contribution in [0.5, 0.6) is 5.75 Å². The number of nitrogen functional groups attached to an aromatic ring is 1. The number of halogens is 6. The van der Waals surface area contributed by atoms with Crippen LogP contribution >= 0.6 is 12.4 Å². The van der Waals surface area contributed by atoms with E-state index in [2.05, 4.69) is 4.74 Å². The van der Waals surface area contributed by atoms with Crippen LogP contribution in [0.2, 0.25) is 0 Å². The highest BCUT2D eigenvalue weighted by Gasteiger charge is 2.61. The quantitative estimate of drug-likeness (QED) is 0.657. The second-order valence-electron chi connectivity index (χ2n) is 2.69. The molecule has 0 amide bonds. The molecule has 16 heavy (non-hydrogen) atoms. The number of hydrogen-bond donors (Lipinski definition) is 1. The molecule has 1 aromatic rings. The lowest BCUT2D eigenvalue weighted by Crippen LogP contribution is -2.41. The lowest BCUT2D eigenvalue weighted by Gasteiger charge is -2.20. The molecular weight excluding hydrogens is 257 g/mol. The summed E-state index contributed by atoms with van der Waals surface area (Å²) in [7, 11) is 0. The summed E-state index contributed by atoms with van der Waals surface area (Å²) in [5, 5.41) is 0. The summed E-state index contributed by atoms with van der Waals surface area (Å²) in [6.07, 6.45) is -10.9. The Morgan fingerprint density at radius 1 is 0.938 bits per heavy atom. The van der Waals surface area contributed by atoms with Crippen LogP contribution in [0.3, 0.4) is 0 Å². The molecule has 8 heteroatoms. The molecule has 0 bridgehead atoms. The van der Waals surface area contributed by atoms with Gasteiger partial charge in [0.1, 0.15) is 5.75 Å². The molecular formula is C8H7ClF5NO. The Bertz CT molecular complexity index is 337. The fraction of sp³-hybridized carbons (Fsp3) is 0.250. The third-order valence-corrected chi connectivity index (χ3v) is 1.46. The smallest absolute Gasteiger partial charge is 0.426 e. The van der Waals surface area contributed by atoms with Gasteiger partial charge < -0.3 is 10.5 Å². The topological polar surface area (TPSA) is 35.2 Å². The first-order valence-corrected chi connectivity index (χ1v) is 3.71. The Morgan fingerprint density at radius 2 is 1.38 bits per heavy atom. The highest BCUT2D eigenvalue weighted by atomic mass is 35.5. The second kappa shape index (κ2) is 4.73. The maximum atomic E-state index is 12.3. The van der Waals surface area contributed by atoms with Gasteiger partial charge in [0, 0.05) is 5.69 Å². The van der Waals surface area contributed by atoms with Crippen LogP contribution in [0.25, 0.3) is 0 Å². The van der Waals surface area contributed by atoms with Crippen molar-refractivity contribution in [3.63, 3.8) is 0 Å². The molecule has 1 aromatic carbocycles. The molecule has 0 atom stereocenters. The van der Waals surface area contributed by atoms with Gasteiger partial charge in [-0.3, -0.25) is 0 Å². The number of anilines is 1. The van der Waals surface area contributed by atoms with Gasteiger partial charge in [-0.15, -0.1) is 12.4 Å². The SMILES string of the molecule is Cl.Nc1ccc(OC(F)(F)C(F)(F)F)cc1. The molecule has 2 nitrogen and oxygen atoms in total. The largest absolute Gasteiger partial charge is 0.499 e. The van der Waals surface area contributed by atoms with E-state index in [0.717, 1.165) is 24.3 Å². The molecule has 0 aliphatic rings. The molecule has 0 saturated carbocycles. The van der Waals surface area contributed by atoms with Crippen LogP contribution < -0.4 is 10.5 Å². The van der Waals surface area contributed by atoms with Crippen LogP contribution in [0.4, 0.5) is 27.6 Å². The molecule has 92 valence electrons. The van der Waals surface area contributed by atoms with E-state index in [9.17, 15) is 22.0 Å². The third kappa shape index (κ3) is 3.41. The summed E-state index contributed by atoms with van der Waals surface area (Å²) in [5.74, 6) is -0.605. The summed E-state index contributed by atoms with van der Waals surface area (Å²) in [6.45, 7) is 0. The maximum absolute atomic E-state index is 12.3. The van der Waals surface area contributed by atoms with E-state index in [1.54, 1.807) is 0 Å². The maximum Gasteiger partial charge on any atom is 0.499 e. The molecule has 0 saturated heterocycles. The molecule has 0 fully saturated rings. The van der Waals surface area contributed by atoms with E-state index in [0.29, 0.717) is 0 Å². The van der Waals surface area contributed by atoms with Crippen LogP contribution in [-0.2, 0) is 0 Å². The van der Waals surface area contributed by atoms with Crippen LogP contribution in [-0.4, -0.2) is 12.3 Å². The minimum Gasteiger partial charge on any atom is -0.426 e. The Labute approximate surface area is 93.6 Å². The van der Waals surface area contributed by atoms with E-state index in [1.165, 1.54) is 0 Å². The van der Waals surface area contributed by atoms with E-state index < -0.39 is 18.0 Å². The van der Waals surface area contributed by atoms with Crippen LogP contribution in [0, 0.1) is 0 Å². The molecule has 0 aliphatic carbocycles. The van der Waals surface area contributed by atoms with Crippen LogP contribution in [0.15, 0.2) is 24.3 Å². The number of ether oxygens (including phenoxy) is 1. The van der Waals surface area contributed by atoms with Gasteiger partial charge in [0.25, 0.3) is 0 Å². The first-order valence-electron chi connectivity index (χ1n) is 3.71. The van der Waals surface area contributed by atoms with Gasteiger partial charge in [-0.25, -0.2) is 0 Å². The van der Waals surface area contributed by atoms with Crippen molar-refractivity contribution in [2.24, 2.45) is 0 Å². The first kappa shape index (κ1) is 14.8. The number of rotatable bonds is 2. The number of hydrogen-bond acceptors (Lipinski definition) is 2. The van der Waals surface area contributed by atoms with Crippen molar-refractivity contribution in [2.45, 2.75) is 12.3 Å². The highest BCUT2D eigenvalue weighted by molar-refractivity contribution is 5.85. The first-order chi connectivity index (χ1) is 6.72. The fourth-order valence-corrected chi connectivity index (χ4v) is 0.742. The van der Waals surface area contributed by atoms with Gasteiger partial charge >= 0.3 is 12.3 Å². The number of benzene rings is 1. The summed E-state index contributed by atoms with van der Waals surface area (Å²) in [5.41, 5.74) is 5.44. The molecule has 0 heterocycles. The van der Waals surface area contributed by atoms with Crippen molar-refractivity contribution in [1.82, 2.24) is 0 Å². The zero-order valence-corrected chi connectivity index (χ0v) is 8.41. The molecule has 0 radical (unpaired) electrons. The minimum atomic E-state index is -5.74. The number of alkyl halides is 5. The molecule has 1 rings (SSSR count). The van der Waals surface area contributed by atoms with Gasteiger partial charge in [0.05, 0.1) is 0 Å². The van der Waals surface area contributed by atoms with Gasteiger partial charge in [-0.05, 0) is 24.3 Å². The van der Waals surface area contributed by atoms with Crippen molar-refractivity contribution >= 4 is 18.1 Å². The van der Waals surface area contributed by atoms with Crippen molar-refractivity contribution in [1.29, 1.82) is 0 Å². The molecule has 2 N–H and O–H groups in total. The average Bonchev–Trinajstić information content (AvgIpc) is 2.06. The van der Waals surface area contributed by atoms with E-state index in [-0.39, 0.29) is 18.1 Å². The monoisotopic (exact) mass is 263 g/mol. The Kier molecular flexibility index (Phi) is 4.36. The predicted octanol–water partition coefficient (Wildman–Crippen LogP) is 3.22. The third-order valence-electron chi connectivity index (χ3n) is 1.46. The van der Waals surface area contributed by atoms with E-state index in [4.69, 9.17) is 5.73 Å². The van der Waals surface area contributed by atoms with Gasteiger partial charge in [-0.2, -0.15) is 22.0 Å². The second-order valence-corrected chi connectivity index (χ2v) is 2.69. The van der Waals surface area contributed by atoms with Crippen molar-refractivity contribution in [3.05, 3.63) is 24.3 Å². The van der Waals surface area contributed by atoms with Crippen molar-refractivity contribution < 1.29 is 26.7 Å². The predicted molar refractivity (Wildman–Crippen MR) is 49.7 cm³/mol. The Balaban J connectivity index is 0.00000225. The summed E-state index contributed by atoms with van der Waals surface area (Å²) in [4.78, 5) is 0. The standard InChI is InChI=1S/C8H6F5NO.ClH/c9-7(10,11)8(12,13)15-6-3-1-5(14)2-4-6;/h1-4H,14H2;1H. The van der Waals surface area contributed by atoms with Crippen LogP contribution in [0.1, 0.15) is 0 Å². The van der Waals surface area contributed by atoms with Gasteiger partial charge in [-0.1, -0.05) is 0 Å². The van der Waals surface area contributed by atoms with Gasteiger partial charge in [0.2, 0.25) is 0 Å². The zero-order valence-electron chi connectivity index (χ0n) is 7.59. The lowest BCUT2D eigenvalue weighted by molar-refractivity contribution is -0.360. The van der Waals surface area contributed by atoms with Crippen molar-refractivity contribution in [3.8, 4) is 5.75 Å². The summed E-state index contributed by atoms with van der Waals surface area (Å²) >= 11 is 0. The molecule has 0 aliphatic heterocycles. The zero-order chi connectivity index (χ0) is 11.7. The Morgan fingerprint density at radius 3 is 1.75 bits per heavy atom. The van der Waals surface area contributed by atoms with E-state index >= 15 is 0 Å². The number of nitrogens with two attached hydrogens (primary N) is 1. The minimum absolute atomic E-state index is 0. The normalized spacial score (nSPS) is 11.8. The average molecular weight is 264 g/mol. The molecule has 0 unspecified atom stereocenters. The van der Waals surface area contributed by atoms with Crippen molar-refractivity contribution in [2.75, 3.05) is 5.73 Å². The van der Waals surface area contributed by atoms with Gasteiger partial charge in [0.15, 0.2) is 0 Å². The van der Waals surface area contributed by atoms with E-state index in [1.807, 2.05) is 0 Å². The lowest BCUT2D eigenvalue weighted by atomic mass is 10.3. The fourth-order valence-electron chi connectivity index (χ4n) is 0.742. The molecule has 0 aromatic heterocycles. The Hall–Kier alpha value is -1.24. The summed E-state index contributed by atoms with van der Waals surface area (Å²) in [6, 6.07) is 4.16. The molecule has 0 spiro atoms. The summed E-state index contributed by atoms with van der Waals surface area (Å²) < 4.78 is 63.3. The highest BCUT2D eigenvalue weighted by Crippen LogP contribution is 2.37.